The molecule has 4 nitrogen and oxygen atoms in total. The minimum atomic E-state index is -0.427. The number of rotatable bonds is 5. The Balaban J connectivity index is 1.97. The zero-order chi connectivity index (χ0) is 15.5. The predicted octanol–water partition coefficient (Wildman–Crippen LogP) is 3.85. The summed E-state index contributed by atoms with van der Waals surface area (Å²) in [5.74, 6) is 0.234. The number of aryl methyl sites for hydroxylation is 1. The maximum absolute atomic E-state index is 13.7. The van der Waals surface area contributed by atoms with Gasteiger partial charge in [-0.1, -0.05) is 11.6 Å². The standard InChI is InChI=1S/C15H19ClFN3O/c1-15(2,3)18-8-4-5-13-19-20-14(21-13)11-9-10(16)6-7-12(11)17/h6-7,9,18H,4-5,8H2,1-3H3. The molecule has 0 amide bonds. The fourth-order valence-electron chi connectivity index (χ4n) is 1.83. The molecule has 1 aromatic heterocycles. The van der Waals surface area contributed by atoms with E-state index in [0.717, 1.165) is 13.0 Å². The lowest BCUT2D eigenvalue weighted by molar-refractivity contribution is 0.412. The first-order valence-electron chi connectivity index (χ1n) is 6.88. The molecule has 0 bridgehead atoms. The van der Waals surface area contributed by atoms with Crippen molar-refractivity contribution in [2.75, 3.05) is 6.54 Å². The predicted molar refractivity (Wildman–Crippen MR) is 80.8 cm³/mol. The van der Waals surface area contributed by atoms with Crippen LogP contribution < -0.4 is 5.32 Å². The van der Waals surface area contributed by atoms with Gasteiger partial charge in [0, 0.05) is 17.0 Å². The van der Waals surface area contributed by atoms with E-state index in [0.29, 0.717) is 17.3 Å². The molecular weight excluding hydrogens is 293 g/mol. The van der Waals surface area contributed by atoms with Gasteiger partial charge < -0.3 is 9.73 Å². The molecule has 2 aromatic rings. The van der Waals surface area contributed by atoms with Crippen LogP contribution in [0.15, 0.2) is 22.6 Å². The van der Waals surface area contributed by atoms with Gasteiger partial charge in [-0.05, 0) is 51.9 Å². The Morgan fingerprint density at radius 1 is 1.29 bits per heavy atom. The Bertz CT molecular complexity index is 607. The molecular formula is C15H19ClFN3O. The van der Waals surface area contributed by atoms with Gasteiger partial charge in [-0.2, -0.15) is 0 Å². The number of aromatic nitrogens is 2. The van der Waals surface area contributed by atoms with Crippen molar-refractivity contribution in [2.45, 2.75) is 39.2 Å². The van der Waals surface area contributed by atoms with Crippen molar-refractivity contribution in [1.29, 1.82) is 0 Å². The van der Waals surface area contributed by atoms with E-state index in [9.17, 15) is 4.39 Å². The summed E-state index contributed by atoms with van der Waals surface area (Å²) in [5, 5.41) is 11.6. The molecule has 0 saturated heterocycles. The quantitative estimate of drug-likeness (QED) is 0.852. The van der Waals surface area contributed by atoms with E-state index in [1.54, 1.807) is 0 Å². The molecule has 0 spiro atoms. The van der Waals surface area contributed by atoms with Crippen LogP contribution in [0.2, 0.25) is 5.02 Å². The topological polar surface area (TPSA) is 51.0 Å². The van der Waals surface area contributed by atoms with Gasteiger partial charge in [-0.15, -0.1) is 10.2 Å². The first-order chi connectivity index (χ1) is 9.85. The Morgan fingerprint density at radius 3 is 2.76 bits per heavy atom. The number of halogens is 2. The first-order valence-corrected chi connectivity index (χ1v) is 7.26. The molecule has 114 valence electrons. The average molecular weight is 312 g/mol. The summed E-state index contributed by atoms with van der Waals surface area (Å²) in [5.41, 5.74) is 0.318. The van der Waals surface area contributed by atoms with Crippen molar-refractivity contribution in [3.63, 3.8) is 0 Å². The van der Waals surface area contributed by atoms with Gasteiger partial charge in [-0.25, -0.2) is 4.39 Å². The fraction of sp³-hybridized carbons (Fsp3) is 0.467. The second-order valence-electron chi connectivity index (χ2n) is 5.91. The maximum Gasteiger partial charge on any atom is 0.250 e. The number of hydrogen-bond donors (Lipinski definition) is 1. The summed E-state index contributed by atoms with van der Waals surface area (Å²) < 4.78 is 19.2. The average Bonchev–Trinajstić information content (AvgIpc) is 2.85. The van der Waals surface area contributed by atoms with Crippen LogP contribution in [0, 0.1) is 5.82 Å². The summed E-state index contributed by atoms with van der Waals surface area (Å²) in [6.45, 7) is 7.19. The smallest absolute Gasteiger partial charge is 0.250 e. The Labute approximate surface area is 128 Å². The normalized spacial score (nSPS) is 11.9. The summed E-state index contributed by atoms with van der Waals surface area (Å²) in [4.78, 5) is 0. The van der Waals surface area contributed by atoms with Crippen LogP contribution in [-0.4, -0.2) is 22.3 Å². The molecule has 0 atom stereocenters. The van der Waals surface area contributed by atoms with Crippen molar-refractivity contribution in [3.05, 3.63) is 34.9 Å². The van der Waals surface area contributed by atoms with Crippen LogP contribution >= 0.6 is 11.6 Å². The monoisotopic (exact) mass is 311 g/mol. The van der Waals surface area contributed by atoms with Crippen molar-refractivity contribution >= 4 is 11.6 Å². The van der Waals surface area contributed by atoms with E-state index in [2.05, 4.69) is 36.3 Å². The maximum atomic E-state index is 13.7. The van der Waals surface area contributed by atoms with E-state index in [1.807, 2.05) is 0 Å². The molecule has 0 aliphatic carbocycles. The molecule has 1 aromatic carbocycles. The molecule has 0 aliphatic heterocycles. The Morgan fingerprint density at radius 2 is 2.05 bits per heavy atom. The molecule has 0 saturated carbocycles. The molecule has 2 rings (SSSR count). The third-order valence-electron chi connectivity index (χ3n) is 2.85. The lowest BCUT2D eigenvalue weighted by atomic mass is 10.1. The van der Waals surface area contributed by atoms with Crippen molar-refractivity contribution < 1.29 is 8.81 Å². The van der Waals surface area contributed by atoms with Crippen LogP contribution in [0.1, 0.15) is 33.1 Å². The van der Waals surface area contributed by atoms with Gasteiger partial charge in [0.25, 0.3) is 5.89 Å². The molecule has 0 fully saturated rings. The third kappa shape index (κ3) is 4.79. The van der Waals surface area contributed by atoms with Crippen LogP contribution in [0.25, 0.3) is 11.5 Å². The minimum Gasteiger partial charge on any atom is -0.421 e. The lowest BCUT2D eigenvalue weighted by Crippen LogP contribution is -2.36. The molecule has 1 heterocycles. The number of nitrogens with one attached hydrogen (secondary N) is 1. The highest BCUT2D eigenvalue weighted by Crippen LogP contribution is 2.25. The Kier molecular flexibility index (Phi) is 4.96. The minimum absolute atomic E-state index is 0.0872. The largest absolute Gasteiger partial charge is 0.421 e. The van der Waals surface area contributed by atoms with Gasteiger partial charge in [-0.3, -0.25) is 0 Å². The summed E-state index contributed by atoms with van der Waals surface area (Å²) in [6, 6.07) is 4.25. The lowest BCUT2D eigenvalue weighted by Gasteiger charge is -2.19. The summed E-state index contributed by atoms with van der Waals surface area (Å²) >= 11 is 5.85. The van der Waals surface area contributed by atoms with Gasteiger partial charge in [0.2, 0.25) is 5.89 Å². The van der Waals surface area contributed by atoms with Gasteiger partial charge in [0.15, 0.2) is 0 Å². The van der Waals surface area contributed by atoms with Gasteiger partial charge in [0.05, 0.1) is 5.56 Å². The second-order valence-corrected chi connectivity index (χ2v) is 6.34. The molecule has 0 radical (unpaired) electrons. The van der Waals surface area contributed by atoms with Crippen molar-refractivity contribution in [2.24, 2.45) is 0 Å². The van der Waals surface area contributed by atoms with Crippen molar-refractivity contribution in [1.82, 2.24) is 15.5 Å². The number of benzene rings is 1. The van der Waals surface area contributed by atoms with Gasteiger partial charge >= 0.3 is 0 Å². The highest BCUT2D eigenvalue weighted by Gasteiger charge is 2.14. The van der Waals surface area contributed by atoms with E-state index in [4.69, 9.17) is 16.0 Å². The molecule has 0 unspecified atom stereocenters. The zero-order valence-corrected chi connectivity index (χ0v) is 13.2. The van der Waals surface area contributed by atoms with Crippen LogP contribution in [0.3, 0.4) is 0 Å². The molecule has 0 aliphatic rings. The fourth-order valence-corrected chi connectivity index (χ4v) is 2.00. The third-order valence-corrected chi connectivity index (χ3v) is 3.08. The van der Waals surface area contributed by atoms with Crippen LogP contribution in [0.5, 0.6) is 0 Å². The summed E-state index contributed by atoms with van der Waals surface area (Å²) in [6.07, 6.45) is 1.52. The summed E-state index contributed by atoms with van der Waals surface area (Å²) in [7, 11) is 0. The number of nitrogens with zero attached hydrogens (tertiary/aromatic N) is 2. The van der Waals surface area contributed by atoms with Crippen LogP contribution in [0.4, 0.5) is 4.39 Å². The highest BCUT2D eigenvalue weighted by molar-refractivity contribution is 6.30. The van der Waals surface area contributed by atoms with E-state index < -0.39 is 5.82 Å². The number of hydrogen-bond acceptors (Lipinski definition) is 4. The van der Waals surface area contributed by atoms with E-state index in [1.165, 1.54) is 18.2 Å². The highest BCUT2D eigenvalue weighted by atomic mass is 35.5. The molecule has 21 heavy (non-hydrogen) atoms. The van der Waals surface area contributed by atoms with E-state index in [-0.39, 0.29) is 17.0 Å². The second kappa shape index (κ2) is 6.54. The first kappa shape index (κ1) is 15.9. The zero-order valence-electron chi connectivity index (χ0n) is 12.4. The Hall–Kier alpha value is -1.46. The van der Waals surface area contributed by atoms with Crippen molar-refractivity contribution in [3.8, 4) is 11.5 Å². The van der Waals surface area contributed by atoms with E-state index >= 15 is 0 Å². The van der Waals surface area contributed by atoms with Crippen LogP contribution in [-0.2, 0) is 6.42 Å². The SMILES string of the molecule is CC(C)(C)NCCCc1nnc(-c2cc(Cl)ccc2F)o1. The van der Waals surface area contributed by atoms with Gasteiger partial charge in [0.1, 0.15) is 5.82 Å². The molecule has 1 N–H and O–H groups in total. The molecule has 6 heteroatoms.